The normalized spacial score (nSPS) is 12.6. The number of carbonyl (C=O) groups is 1. The SMILES string of the molecule is C#C.Cc1cnc(Cl)c(F)c1.O=C1CCCN1. The number of amides is 1. The summed E-state index contributed by atoms with van der Waals surface area (Å²) in [5.41, 5.74) is 0.775. The number of aromatic nitrogens is 1. The van der Waals surface area contributed by atoms with E-state index >= 15 is 0 Å². The highest BCUT2D eigenvalue weighted by Crippen LogP contribution is 2.10. The van der Waals surface area contributed by atoms with E-state index in [1.165, 1.54) is 12.3 Å². The topological polar surface area (TPSA) is 42.0 Å². The average molecular weight is 257 g/mol. The summed E-state index contributed by atoms with van der Waals surface area (Å²) >= 11 is 5.29. The highest BCUT2D eigenvalue weighted by atomic mass is 35.5. The third kappa shape index (κ3) is 6.54. The zero-order valence-electron chi connectivity index (χ0n) is 9.54. The summed E-state index contributed by atoms with van der Waals surface area (Å²) in [6.45, 7) is 2.64. The Morgan fingerprint density at radius 1 is 1.53 bits per heavy atom. The number of pyridine rings is 1. The minimum atomic E-state index is -0.461. The Hall–Kier alpha value is -1.60. The first-order valence-electron chi connectivity index (χ1n) is 4.97. The van der Waals surface area contributed by atoms with Crippen molar-refractivity contribution in [1.82, 2.24) is 10.3 Å². The minimum Gasteiger partial charge on any atom is -0.356 e. The van der Waals surface area contributed by atoms with Gasteiger partial charge in [-0.25, -0.2) is 9.37 Å². The highest BCUT2D eigenvalue weighted by Gasteiger charge is 2.05. The third-order valence-corrected chi connectivity index (χ3v) is 2.11. The van der Waals surface area contributed by atoms with Crippen LogP contribution >= 0.6 is 11.6 Å². The quantitative estimate of drug-likeness (QED) is 0.572. The molecule has 1 N–H and O–H groups in total. The summed E-state index contributed by atoms with van der Waals surface area (Å²) in [5, 5.41) is 2.61. The van der Waals surface area contributed by atoms with Gasteiger partial charge in [0.25, 0.3) is 0 Å². The summed E-state index contributed by atoms with van der Waals surface area (Å²) in [6, 6.07) is 1.34. The van der Waals surface area contributed by atoms with Crippen LogP contribution in [0.5, 0.6) is 0 Å². The smallest absolute Gasteiger partial charge is 0.220 e. The molecule has 1 aliphatic heterocycles. The Kier molecular flexibility index (Phi) is 7.74. The van der Waals surface area contributed by atoms with E-state index in [2.05, 4.69) is 23.1 Å². The van der Waals surface area contributed by atoms with Gasteiger partial charge in [-0.2, -0.15) is 0 Å². The van der Waals surface area contributed by atoms with Crippen LogP contribution in [0, 0.1) is 25.6 Å². The molecule has 0 saturated carbocycles. The van der Waals surface area contributed by atoms with Crippen LogP contribution in [0.1, 0.15) is 18.4 Å². The molecule has 1 aliphatic rings. The predicted octanol–water partition coefficient (Wildman–Crippen LogP) is 2.33. The maximum atomic E-state index is 12.4. The summed E-state index contributed by atoms with van der Waals surface area (Å²) in [6.07, 6.45) is 11.3. The minimum absolute atomic E-state index is 0.0689. The van der Waals surface area contributed by atoms with Crippen LogP contribution in [0.15, 0.2) is 12.3 Å². The number of carbonyl (C=O) groups excluding carboxylic acids is 1. The number of halogens is 2. The van der Waals surface area contributed by atoms with Gasteiger partial charge in [0.15, 0.2) is 11.0 Å². The Morgan fingerprint density at radius 3 is 2.47 bits per heavy atom. The average Bonchev–Trinajstić information content (AvgIpc) is 2.79. The first-order valence-corrected chi connectivity index (χ1v) is 5.35. The molecule has 0 unspecified atom stereocenters. The van der Waals surface area contributed by atoms with Crippen molar-refractivity contribution in [3.63, 3.8) is 0 Å². The Balaban J connectivity index is 0.000000278. The van der Waals surface area contributed by atoms with Crippen molar-refractivity contribution >= 4 is 17.5 Å². The van der Waals surface area contributed by atoms with E-state index in [4.69, 9.17) is 11.6 Å². The van der Waals surface area contributed by atoms with E-state index in [1.54, 1.807) is 6.92 Å². The highest BCUT2D eigenvalue weighted by molar-refractivity contribution is 6.29. The molecule has 0 aromatic carbocycles. The van der Waals surface area contributed by atoms with E-state index in [1.807, 2.05) is 0 Å². The number of terminal acetylenes is 1. The molecule has 0 atom stereocenters. The number of nitrogens with zero attached hydrogens (tertiary/aromatic N) is 1. The fourth-order valence-electron chi connectivity index (χ4n) is 1.08. The van der Waals surface area contributed by atoms with Gasteiger partial charge in [0.2, 0.25) is 5.91 Å². The molecule has 1 fully saturated rings. The van der Waals surface area contributed by atoms with Gasteiger partial charge in [-0.3, -0.25) is 4.79 Å². The van der Waals surface area contributed by atoms with Gasteiger partial charge in [-0.15, -0.1) is 12.8 Å². The maximum absolute atomic E-state index is 12.4. The monoisotopic (exact) mass is 256 g/mol. The first-order chi connectivity index (χ1) is 8.09. The van der Waals surface area contributed by atoms with E-state index in [9.17, 15) is 9.18 Å². The fourth-order valence-corrected chi connectivity index (χ4v) is 1.19. The van der Waals surface area contributed by atoms with Crippen LogP contribution < -0.4 is 5.32 Å². The van der Waals surface area contributed by atoms with E-state index in [-0.39, 0.29) is 11.1 Å². The fraction of sp³-hybridized carbons (Fsp3) is 0.333. The summed E-state index contributed by atoms with van der Waals surface area (Å²) < 4.78 is 12.4. The number of hydrogen-bond donors (Lipinski definition) is 1. The maximum Gasteiger partial charge on any atom is 0.220 e. The van der Waals surface area contributed by atoms with Crippen molar-refractivity contribution in [3.8, 4) is 12.8 Å². The zero-order chi connectivity index (χ0) is 13.3. The summed E-state index contributed by atoms with van der Waals surface area (Å²) in [7, 11) is 0. The molecule has 0 aliphatic carbocycles. The largest absolute Gasteiger partial charge is 0.356 e. The molecule has 3 nitrogen and oxygen atoms in total. The number of aryl methyl sites for hydroxylation is 1. The molecule has 92 valence electrons. The second-order valence-electron chi connectivity index (χ2n) is 3.24. The molecule has 1 aromatic rings. The second-order valence-corrected chi connectivity index (χ2v) is 3.60. The molecule has 0 spiro atoms. The van der Waals surface area contributed by atoms with Gasteiger partial charge in [0.1, 0.15) is 0 Å². The van der Waals surface area contributed by atoms with E-state index in [0.29, 0.717) is 0 Å². The summed E-state index contributed by atoms with van der Waals surface area (Å²) in [5.74, 6) is -0.258. The van der Waals surface area contributed by atoms with Crippen molar-refractivity contribution < 1.29 is 9.18 Å². The molecule has 5 heteroatoms. The summed E-state index contributed by atoms with van der Waals surface area (Å²) in [4.78, 5) is 13.7. The van der Waals surface area contributed by atoms with Crippen molar-refractivity contribution in [2.45, 2.75) is 19.8 Å². The molecule has 2 rings (SSSR count). The third-order valence-electron chi connectivity index (χ3n) is 1.84. The van der Waals surface area contributed by atoms with Crippen LogP contribution in [0.2, 0.25) is 5.15 Å². The number of hydrogen-bond acceptors (Lipinski definition) is 2. The standard InChI is InChI=1S/C6H5ClFN.C4H7NO.C2H2/c1-4-2-5(8)6(7)9-3-4;6-4-2-1-3-5-4;1-2/h2-3H,1H3;1-3H2,(H,5,6);1-2H. The molecule has 17 heavy (non-hydrogen) atoms. The molecule has 1 saturated heterocycles. The van der Waals surface area contributed by atoms with Gasteiger partial charge in [0, 0.05) is 19.2 Å². The Bertz CT molecular complexity index is 385. The lowest BCUT2D eigenvalue weighted by Gasteiger charge is -1.91. The van der Waals surface area contributed by atoms with Gasteiger partial charge >= 0.3 is 0 Å². The van der Waals surface area contributed by atoms with Crippen LogP contribution in [-0.2, 0) is 4.79 Å². The molecule has 2 heterocycles. The van der Waals surface area contributed by atoms with Crippen molar-refractivity contribution in [2.24, 2.45) is 0 Å². The van der Waals surface area contributed by atoms with Crippen LogP contribution in [0.25, 0.3) is 0 Å². The predicted molar refractivity (Wildman–Crippen MR) is 66.1 cm³/mol. The number of rotatable bonds is 0. The molecule has 1 aromatic heterocycles. The Labute approximate surface area is 105 Å². The van der Waals surface area contributed by atoms with Crippen LogP contribution in [0.4, 0.5) is 4.39 Å². The van der Waals surface area contributed by atoms with Gasteiger partial charge in [0.05, 0.1) is 0 Å². The van der Waals surface area contributed by atoms with Crippen LogP contribution in [0.3, 0.4) is 0 Å². The van der Waals surface area contributed by atoms with Gasteiger partial charge < -0.3 is 5.32 Å². The molecule has 1 amide bonds. The van der Waals surface area contributed by atoms with E-state index in [0.717, 1.165) is 24.9 Å². The second kappa shape index (κ2) is 8.54. The van der Waals surface area contributed by atoms with Gasteiger partial charge in [-0.1, -0.05) is 11.6 Å². The Morgan fingerprint density at radius 2 is 2.18 bits per heavy atom. The van der Waals surface area contributed by atoms with Crippen molar-refractivity contribution in [3.05, 3.63) is 28.8 Å². The molecule has 0 radical (unpaired) electrons. The lowest BCUT2D eigenvalue weighted by atomic mass is 10.3. The van der Waals surface area contributed by atoms with Crippen molar-refractivity contribution in [1.29, 1.82) is 0 Å². The van der Waals surface area contributed by atoms with Crippen molar-refractivity contribution in [2.75, 3.05) is 6.54 Å². The molecular formula is C12H14ClFN2O. The molecular weight excluding hydrogens is 243 g/mol. The van der Waals surface area contributed by atoms with Crippen LogP contribution in [-0.4, -0.2) is 17.4 Å². The zero-order valence-corrected chi connectivity index (χ0v) is 10.3. The van der Waals surface area contributed by atoms with Gasteiger partial charge in [-0.05, 0) is 25.0 Å². The van der Waals surface area contributed by atoms with E-state index < -0.39 is 5.82 Å². The number of nitrogens with one attached hydrogen (secondary N) is 1. The lowest BCUT2D eigenvalue weighted by molar-refractivity contribution is -0.119. The molecule has 0 bridgehead atoms. The first kappa shape index (κ1) is 15.4. The lowest BCUT2D eigenvalue weighted by Crippen LogP contribution is -2.12.